The standard InChI is InChI=1S/C25H20O3/c1-4-19-14(2)20-12-21-22(13-27-23(21)15(3)24(20)28-25(19)26)18-10-9-16-7-5-6-8-17(16)11-18/h5-13H,4H2,1-3H3. The monoisotopic (exact) mass is 368 g/mol. The average molecular weight is 368 g/mol. The van der Waals surface area contributed by atoms with Gasteiger partial charge in [0.1, 0.15) is 11.2 Å². The van der Waals surface area contributed by atoms with Gasteiger partial charge in [0.2, 0.25) is 0 Å². The third-order valence-electron chi connectivity index (χ3n) is 5.76. The molecule has 0 unspecified atom stereocenters. The van der Waals surface area contributed by atoms with E-state index in [0.717, 1.165) is 44.2 Å². The number of hydrogen-bond acceptors (Lipinski definition) is 3. The molecule has 2 aromatic heterocycles. The van der Waals surface area contributed by atoms with E-state index in [0.29, 0.717) is 12.0 Å². The smallest absolute Gasteiger partial charge is 0.339 e. The van der Waals surface area contributed by atoms with Crippen LogP contribution in [-0.4, -0.2) is 0 Å². The molecule has 3 heteroatoms. The molecule has 138 valence electrons. The Morgan fingerprint density at radius 1 is 0.857 bits per heavy atom. The highest BCUT2D eigenvalue weighted by molar-refractivity contribution is 6.05. The van der Waals surface area contributed by atoms with E-state index in [-0.39, 0.29) is 5.63 Å². The molecule has 28 heavy (non-hydrogen) atoms. The van der Waals surface area contributed by atoms with Gasteiger partial charge in [0.15, 0.2) is 0 Å². The second-order valence-corrected chi connectivity index (χ2v) is 7.31. The maximum absolute atomic E-state index is 12.3. The second-order valence-electron chi connectivity index (χ2n) is 7.31. The van der Waals surface area contributed by atoms with Crippen molar-refractivity contribution in [1.82, 2.24) is 0 Å². The summed E-state index contributed by atoms with van der Waals surface area (Å²) in [4.78, 5) is 12.3. The lowest BCUT2D eigenvalue weighted by Gasteiger charge is -2.09. The second kappa shape index (κ2) is 6.10. The van der Waals surface area contributed by atoms with Crippen molar-refractivity contribution in [2.45, 2.75) is 27.2 Å². The Morgan fingerprint density at radius 2 is 1.64 bits per heavy atom. The van der Waals surface area contributed by atoms with Crippen LogP contribution in [0.2, 0.25) is 0 Å². The average Bonchev–Trinajstić information content (AvgIpc) is 3.13. The number of hydrogen-bond donors (Lipinski definition) is 0. The van der Waals surface area contributed by atoms with Crippen LogP contribution in [0, 0.1) is 13.8 Å². The lowest BCUT2D eigenvalue weighted by atomic mass is 9.96. The first-order chi connectivity index (χ1) is 13.6. The van der Waals surface area contributed by atoms with Crippen LogP contribution in [0.4, 0.5) is 0 Å². The van der Waals surface area contributed by atoms with Gasteiger partial charge in [-0.15, -0.1) is 0 Å². The fourth-order valence-electron chi connectivity index (χ4n) is 4.19. The van der Waals surface area contributed by atoms with Crippen molar-refractivity contribution in [1.29, 1.82) is 0 Å². The molecule has 0 spiro atoms. The molecule has 0 saturated carbocycles. The summed E-state index contributed by atoms with van der Waals surface area (Å²) in [7, 11) is 0. The Morgan fingerprint density at radius 3 is 2.43 bits per heavy atom. The van der Waals surface area contributed by atoms with E-state index in [4.69, 9.17) is 8.83 Å². The van der Waals surface area contributed by atoms with Crippen LogP contribution in [0.25, 0.3) is 43.8 Å². The first kappa shape index (κ1) is 16.8. The van der Waals surface area contributed by atoms with Crippen LogP contribution >= 0.6 is 0 Å². The van der Waals surface area contributed by atoms with E-state index in [1.54, 1.807) is 6.26 Å². The highest BCUT2D eigenvalue weighted by Crippen LogP contribution is 2.38. The molecule has 5 aromatic rings. The zero-order valence-electron chi connectivity index (χ0n) is 16.1. The van der Waals surface area contributed by atoms with Gasteiger partial charge in [-0.3, -0.25) is 0 Å². The summed E-state index contributed by atoms with van der Waals surface area (Å²) in [6.45, 7) is 5.93. The summed E-state index contributed by atoms with van der Waals surface area (Å²) in [5, 5.41) is 4.43. The largest absolute Gasteiger partial charge is 0.463 e. The summed E-state index contributed by atoms with van der Waals surface area (Å²) in [6, 6.07) is 16.9. The zero-order valence-corrected chi connectivity index (χ0v) is 16.1. The lowest BCUT2D eigenvalue weighted by molar-refractivity contribution is 0.546. The summed E-state index contributed by atoms with van der Waals surface area (Å²) in [5.41, 5.74) is 5.88. The van der Waals surface area contributed by atoms with Crippen LogP contribution in [0.15, 0.2) is 68.4 Å². The fourth-order valence-corrected chi connectivity index (χ4v) is 4.19. The molecule has 0 aliphatic rings. The topological polar surface area (TPSA) is 43.4 Å². The summed E-state index contributed by atoms with van der Waals surface area (Å²) < 4.78 is 11.6. The van der Waals surface area contributed by atoms with Gasteiger partial charge in [0.05, 0.1) is 6.26 Å². The van der Waals surface area contributed by atoms with Crippen LogP contribution in [0.3, 0.4) is 0 Å². The summed E-state index contributed by atoms with van der Waals surface area (Å²) >= 11 is 0. The van der Waals surface area contributed by atoms with Crippen molar-refractivity contribution >= 4 is 32.7 Å². The predicted octanol–water partition coefficient (Wildman–Crippen LogP) is 6.54. The first-order valence-electron chi connectivity index (χ1n) is 9.54. The maximum atomic E-state index is 12.3. The van der Waals surface area contributed by atoms with E-state index in [9.17, 15) is 4.79 Å². The van der Waals surface area contributed by atoms with Crippen LogP contribution < -0.4 is 5.63 Å². The van der Waals surface area contributed by atoms with Gasteiger partial charge in [-0.2, -0.15) is 0 Å². The third-order valence-corrected chi connectivity index (χ3v) is 5.76. The molecule has 5 rings (SSSR count). The first-order valence-corrected chi connectivity index (χ1v) is 9.54. The van der Waals surface area contributed by atoms with Crippen molar-refractivity contribution in [3.8, 4) is 11.1 Å². The Labute approximate surface area is 162 Å². The van der Waals surface area contributed by atoms with Gasteiger partial charge >= 0.3 is 5.63 Å². The minimum absolute atomic E-state index is 0.253. The number of fused-ring (bicyclic) bond motifs is 3. The Kier molecular flexibility index (Phi) is 3.66. The zero-order chi connectivity index (χ0) is 19.4. The van der Waals surface area contributed by atoms with Crippen molar-refractivity contribution in [2.24, 2.45) is 0 Å². The van der Waals surface area contributed by atoms with E-state index in [2.05, 4.69) is 42.5 Å². The molecule has 0 N–H and O–H groups in total. The van der Waals surface area contributed by atoms with Gasteiger partial charge < -0.3 is 8.83 Å². The van der Waals surface area contributed by atoms with Crippen molar-refractivity contribution in [3.05, 3.63) is 81.9 Å². The molecule has 0 amide bonds. The van der Waals surface area contributed by atoms with Crippen LogP contribution in [0.5, 0.6) is 0 Å². The minimum atomic E-state index is -0.253. The van der Waals surface area contributed by atoms with Gasteiger partial charge in [-0.05, 0) is 54.3 Å². The molecule has 0 bridgehead atoms. The SMILES string of the molecule is CCc1c(C)c2cc3c(-c4ccc5ccccc5c4)coc3c(C)c2oc1=O. The van der Waals surface area contributed by atoms with Gasteiger partial charge in [0.25, 0.3) is 0 Å². The van der Waals surface area contributed by atoms with E-state index >= 15 is 0 Å². The molecule has 0 fully saturated rings. The Bertz CT molecular complexity index is 1430. The normalized spacial score (nSPS) is 11.7. The highest BCUT2D eigenvalue weighted by atomic mass is 16.4. The lowest BCUT2D eigenvalue weighted by Crippen LogP contribution is -2.09. The summed E-state index contributed by atoms with van der Waals surface area (Å²) in [6.07, 6.45) is 2.46. The number of aryl methyl sites for hydroxylation is 2. The van der Waals surface area contributed by atoms with Crippen LogP contribution in [-0.2, 0) is 6.42 Å². The van der Waals surface area contributed by atoms with E-state index < -0.39 is 0 Å². The summed E-state index contributed by atoms with van der Waals surface area (Å²) in [5.74, 6) is 0. The molecule has 2 heterocycles. The van der Waals surface area contributed by atoms with Crippen molar-refractivity contribution in [2.75, 3.05) is 0 Å². The van der Waals surface area contributed by atoms with Crippen molar-refractivity contribution in [3.63, 3.8) is 0 Å². The molecule has 0 saturated heterocycles. The minimum Gasteiger partial charge on any atom is -0.463 e. The van der Waals surface area contributed by atoms with Gasteiger partial charge in [0, 0.05) is 27.5 Å². The number of benzene rings is 3. The quantitative estimate of drug-likeness (QED) is 0.332. The third kappa shape index (κ3) is 2.32. The number of rotatable bonds is 2. The maximum Gasteiger partial charge on any atom is 0.339 e. The Balaban J connectivity index is 1.84. The predicted molar refractivity (Wildman–Crippen MR) is 114 cm³/mol. The van der Waals surface area contributed by atoms with E-state index in [1.807, 2.05) is 26.8 Å². The van der Waals surface area contributed by atoms with E-state index in [1.165, 1.54) is 10.8 Å². The number of furan rings is 1. The van der Waals surface area contributed by atoms with Gasteiger partial charge in [-0.1, -0.05) is 43.3 Å². The molecule has 0 radical (unpaired) electrons. The molecule has 0 atom stereocenters. The van der Waals surface area contributed by atoms with Gasteiger partial charge in [-0.25, -0.2) is 4.79 Å². The van der Waals surface area contributed by atoms with Crippen LogP contribution in [0.1, 0.15) is 23.6 Å². The highest BCUT2D eigenvalue weighted by Gasteiger charge is 2.18. The molecule has 3 nitrogen and oxygen atoms in total. The Hall–Kier alpha value is -3.33. The molecular weight excluding hydrogens is 348 g/mol. The van der Waals surface area contributed by atoms with Crippen molar-refractivity contribution < 1.29 is 8.83 Å². The fraction of sp³-hybridized carbons (Fsp3) is 0.160. The molecule has 0 aliphatic heterocycles. The molecule has 3 aromatic carbocycles. The molecular formula is C25H20O3. The molecule has 0 aliphatic carbocycles.